The molecule has 0 nitrogen and oxygen atoms in total. The van der Waals surface area contributed by atoms with Crippen LogP contribution in [0.5, 0.6) is 0 Å². The Morgan fingerprint density at radius 2 is 0.583 bits per heavy atom. The average molecular weight is 194 g/mol. The molecule has 0 aromatic heterocycles. The van der Waals surface area contributed by atoms with Crippen molar-refractivity contribution in [1.29, 1.82) is 0 Å². The van der Waals surface area contributed by atoms with Gasteiger partial charge in [-0.05, 0) is 0 Å². The standard InChI is InChI=1S/C4H10.2B.6FH/c1-3-4-2;;;;;;;;/h3-4H2,1-2H3;;;6*1H/q;2*+3;;;;;;/p-6. The number of rotatable bonds is 1. The van der Waals surface area contributed by atoms with Crippen LogP contribution in [0.4, 0.5) is 0 Å². The van der Waals surface area contributed by atoms with E-state index in [-0.39, 0.29) is 45.1 Å². The summed E-state index contributed by atoms with van der Waals surface area (Å²) in [6.07, 6.45) is 2.64. The second-order valence-corrected chi connectivity index (χ2v) is 1.000. The van der Waals surface area contributed by atoms with E-state index in [2.05, 4.69) is 13.8 Å². The molecule has 0 rings (SSSR count). The molecule has 0 aliphatic rings. The second-order valence-electron chi connectivity index (χ2n) is 1.000. The Morgan fingerprint density at radius 3 is 0.583 bits per heavy atom. The minimum absolute atomic E-state index is 0. The molecule has 12 heavy (non-hydrogen) atoms. The molecule has 74 valence electrons. The first kappa shape index (κ1) is 183. The first-order valence-corrected chi connectivity index (χ1v) is 1.91. The number of hydrogen-bond donors (Lipinski definition) is 0. The average Bonchev–Trinajstić information content (AvgIpc) is 1.37. The summed E-state index contributed by atoms with van der Waals surface area (Å²) in [4.78, 5) is 0. The predicted octanol–water partition coefficient (Wildman–Crippen LogP) is -16.9. The van der Waals surface area contributed by atoms with Gasteiger partial charge in [0.05, 0.1) is 0 Å². The van der Waals surface area contributed by atoms with Crippen molar-refractivity contribution < 1.29 is 28.2 Å². The van der Waals surface area contributed by atoms with E-state index < -0.39 is 0 Å². The molecule has 0 radical (unpaired) electrons. The van der Waals surface area contributed by atoms with E-state index in [1.165, 1.54) is 12.8 Å². The number of halogens is 6. The Kier molecular flexibility index (Phi) is 5260. The number of unbranched alkanes of at least 4 members (excludes halogenated alkanes) is 1. The van der Waals surface area contributed by atoms with E-state index in [1.54, 1.807) is 0 Å². The molecule has 0 saturated carbocycles. The van der Waals surface area contributed by atoms with Crippen molar-refractivity contribution in [2.75, 3.05) is 0 Å². The molecule has 0 amide bonds. The van der Waals surface area contributed by atoms with Crippen molar-refractivity contribution in [3.63, 3.8) is 0 Å². The zero-order valence-electron chi connectivity index (χ0n) is 6.84. The summed E-state index contributed by atoms with van der Waals surface area (Å²) >= 11 is 0. The van der Waals surface area contributed by atoms with E-state index in [0.717, 1.165) is 0 Å². The van der Waals surface area contributed by atoms with Gasteiger partial charge in [-0.3, -0.25) is 0 Å². The van der Waals surface area contributed by atoms with Gasteiger partial charge in [0.25, 0.3) is 0 Å². The Morgan fingerprint density at radius 1 is 0.500 bits per heavy atom. The second kappa shape index (κ2) is 345. The Labute approximate surface area is 72.9 Å². The van der Waals surface area contributed by atoms with Crippen molar-refractivity contribution >= 4 is 16.8 Å². The minimum atomic E-state index is 0. The quantitative estimate of drug-likeness (QED) is 0.287. The molecule has 8 heteroatoms. The van der Waals surface area contributed by atoms with Gasteiger partial charge < -0.3 is 28.2 Å². The van der Waals surface area contributed by atoms with E-state index in [4.69, 9.17) is 0 Å². The van der Waals surface area contributed by atoms with Crippen molar-refractivity contribution in [2.24, 2.45) is 0 Å². The molecule has 0 fully saturated rings. The van der Waals surface area contributed by atoms with E-state index in [0.29, 0.717) is 0 Å². The summed E-state index contributed by atoms with van der Waals surface area (Å²) in [5, 5.41) is 0. The van der Waals surface area contributed by atoms with Crippen LogP contribution in [-0.2, 0) is 0 Å². The van der Waals surface area contributed by atoms with Crippen molar-refractivity contribution in [2.45, 2.75) is 26.7 Å². The minimum Gasteiger partial charge on any atom is -1.00 e. The van der Waals surface area contributed by atoms with Crippen LogP contribution >= 0.6 is 0 Å². The molecule has 0 bridgehead atoms. The number of hydrogen-bond acceptors (Lipinski definition) is 0. The molecule has 0 aliphatic carbocycles. The molecule has 0 saturated heterocycles. The molecule has 0 spiro atoms. The maximum atomic E-state index is 2.18. The van der Waals surface area contributed by atoms with Crippen LogP contribution in [0.2, 0.25) is 0 Å². The Bertz CT molecular complexity index is 19.5. The Hall–Kier alpha value is -0.290. The van der Waals surface area contributed by atoms with Crippen LogP contribution in [0.3, 0.4) is 0 Å². The van der Waals surface area contributed by atoms with Crippen LogP contribution in [0.25, 0.3) is 0 Å². The van der Waals surface area contributed by atoms with Gasteiger partial charge in [-0.15, -0.1) is 0 Å². The van der Waals surface area contributed by atoms with E-state index in [9.17, 15) is 0 Å². The maximum absolute atomic E-state index is 2.18. The van der Waals surface area contributed by atoms with Crippen LogP contribution in [0.1, 0.15) is 26.7 Å². The van der Waals surface area contributed by atoms with Gasteiger partial charge in [0.15, 0.2) is 0 Å². The van der Waals surface area contributed by atoms with Crippen LogP contribution in [0, 0.1) is 0 Å². The smallest absolute Gasteiger partial charge is 1.00 e. The van der Waals surface area contributed by atoms with Gasteiger partial charge in [-0.1, -0.05) is 26.7 Å². The van der Waals surface area contributed by atoms with Gasteiger partial charge in [0.1, 0.15) is 0 Å². The van der Waals surface area contributed by atoms with Crippen molar-refractivity contribution in [3.8, 4) is 0 Å². The monoisotopic (exact) mass is 194 g/mol. The molecule has 0 aromatic rings. The fourth-order valence-corrected chi connectivity index (χ4v) is 0. The first-order valence-electron chi connectivity index (χ1n) is 1.91. The molecule has 0 aromatic carbocycles. The third kappa shape index (κ3) is 1460. The maximum Gasteiger partial charge on any atom is 3.00 e. The van der Waals surface area contributed by atoms with E-state index in [1.807, 2.05) is 0 Å². The topological polar surface area (TPSA) is 0 Å². The van der Waals surface area contributed by atoms with Crippen LogP contribution < -0.4 is 28.2 Å². The zero-order valence-corrected chi connectivity index (χ0v) is 6.84. The van der Waals surface area contributed by atoms with Gasteiger partial charge in [0, 0.05) is 0 Å². The van der Waals surface area contributed by atoms with Gasteiger partial charge in [-0.25, -0.2) is 0 Å². The Balaban J connectivity index is -0.00000000161. The van der Waals surface area contributed by atoms with Crippen molar-refractivity contribution in [1.82, 2.24) is 0 Å². The molecule has 0 atom stereocenters. The van der Waals surface area contributed by atoms with Crippen LogP contribution in [-0.4, -0.2) is 16.8 Å². The fraction of sp³-hybridized carbons (Fsp3) is 1.00. The SMILES string of the molecule is CCCC.[B+3].[B+3].[F-].[F-].[F-].[F-].[F-].[F-]. The van der Waals surface area contributed by atoms with Crippen LogP contribution in [0.15, 0.2) is 0 Å². The molecular formula is C4H10B2F6. The summed E-state index contributed by atoms with van der Waals surface area (Å²) < 4.78 is 0. The van der Waals surface area contributed by atoms with Gasteiger partial charge >= 0.3 is 16.8 Å². The third-order valence-corrected chi connectivity index (χ3v) is 0.500. The molecule has 0 N–H and O–H groups in total. The normalized spacial score (nSPS) is 2.50. The zero-order chi connectivity index (χ0) is 3.41. The molecule has 0 heterocycles. The molecular weight excluding hydrogens is 184 g/mol. The molecule has 0 unspecified atom stereocenters. The third-order valence-electron chi connectivity index (χ3n) is 0.500. The summed E-state index contributed by atoms with van der Waals surface area (Å²) in [7, 11) is 0. The van der Waals surface area contributed by atoms with E-state index >= 15 is 0 Å². The summed E-state index contributed by atoms with van der Waals surface area (Å²) in [6.45, 7) is 4.36. The van der Waals surface area contributed by atoms with Gasteiger partial charge in [0.2, 0.25) is 0 Å². The van der Waals surface area contributed by atoms with Gasteiger partial charge in [-0.2, -0.15) is 0 Å². The molecule has 0 aliphatic heterocycles. The fourth-order valence-electron chi connectivity index (χ4n) is 0. The summed E-state index contributed by atoms with van der Waals surface area (Å²) in [6, 6.07) is 0. The largest absolute Gasteiger partial charge is 3.00 e. The summed E-state index contributed by atoms with van der Waals surface area (Å²) in [5.41, 5.74) is 0. The first-order chi connectivity index (χ1) is 1.91. The predicted molar refractivity (Wildman–Crippen MR) is 32.1 cm³/mol. The van der Waals surface area contributed by atoms with Crippen molar-refractivity contribution in [3.05, 3.63) is 0 Å². The summed E-state index contributed by atoms with van der Waals surface area (Å²) in [5.74, 6) is 0.